The fourth-order valence-electron chi connectivity index (χ4n) is 9.83. The highest BCUT2D eigenvalue weighted by molar-refractivity contribution is 5.71. The third-order valence-electron chi connectivity index (χ3n) is 14.7. The van der Waals surface area contributed by atoms with E-state index in [4.69, 9.17) is 14.2 Å². The van der Waals surface area contributed by atoms with E-state index < -0.39 is 6.10 Å². The Balaban J connectivity index is 4.22. The molecule has 0 aliphatic rings. The molecule has 0 heterocycles. The number of rotatable bonds is 60. The molecule has 0 saturated heterocycles. The lowest BCUT2D eigenvalue weighted by atomic mass is 10.0. The monoisotopic (exact) mass is 1010 g/mol. The summed E-state index contributed by atoms with van der Waals surface area (Å²) in [7, 11) is 0. The maximum absolute atomic E-state index is 12.9. The molecule has 0 amide bonds. The summed E-state index contributed by atoms with van der Waals surface area (Å²) in [5.41, 5.74) is 0. The molecule has 0 rings (SSSR count). The van der Waals surface area contributed by atoms with Crippen LogP contribution < -0.4 is 0 Å². The Morgan fingerprint density at radius 3 is 0.778 bits per heavy atom. The Kier molecular flexibility index (Phi) is 59.6. The number of ether oxygens (including phenoxy) is 3. The van der Waals surface area contributed by atoms with E-state index in [1.165, 1.54) is 244 Å². The van der Waals surface area contributed by atoms with Crippen molar-refractivity contribution in [3.05, 3.63) is 24.3 Å². The number of carbonyl (C=O) groups excluding carboxylic acids is 3. The van der Waals surface area contributed by atoms with Gasteiger partial charge in [0.15, 0.2) is 6.10 Å². The van der Waals surface area contributed by atoms with Gasteiger partial charge in [-0.15, -0.1) is 0 Å². The van der Waals surface area contributed by atoms with Gasteiger partial charge in [-0.25, -0.2) is 0 Å². The molecular formula is C66H124O6. The lowest BCUT2D eigenvalue weighted by molar-refractivity contribution is -0.167. The molecular weight excluding hydrogens is 889 g/mol. The van der Waals surface area contributed by atoms with Crippen molar-refractivity contribution >= 4 is 17.9 Å². The molecule has 424 valence electrons. The zero-order valence-electron chi connectivity index (χ0n) is 48.7. The minimum absolute atomic E-state index is 0.0711. The largest absolute Gasteiger partial charge is 0.462 e. The SMILES string of the molecule is CCCCCC/C=C\C/C=C\CCCCCCCC(=O)OC(COC(=O)CCCCCCCCCCCCCCC)COC(=O)CCCCCCCCCCCCCCCCCCCCCCCCCCC. The first kappa shape index (κ1) is 69.9. The lowest BCUT2D eigenvalue weighted by Crippen LogP contribution is -2.30. The number of unbranched alkanes of at least 4 members (excludes halogenated alkanes) is 45. The Morgan fingerprint density at radius 2 is 0.500 bits per heavy atom. The number of hydrogen-bond acceptors (Lipinski definition) is 6. The van der Waals surface area contributed by atoms with Crippen LogP contribution in [0.5, 0.6) is 0 Å². The van der Waals surface area contributed by atoms with E-state index in [9.17, 15) is 14.4 Å². The summed E-state index contributed by atoms with van der Waals surface area (Å²) >= 11 is 0. The van der Waals surface area contributed by atoms with Gasteiger partial charge < -0.3 is 14.2 Å². The van der Waals surface area contributed by atoms with Gasteiger partial charge in [-0.05, 0) is 51.4 Å². The van der Waals surface area contributed by atoms with Crippen molar-refractivity contribution < 1.29 is 28.6 Å². The molecule has 0 saturated carbocycles. The van der Waals surface area contributed by atoms with Crippen LogP contribution in [0.3, 0.4) is 0 Å². The number of hydrogen-bond donors (Lipinski definition) is 0. The maximum atomic E-state index is 12.9. The highest BCUT2D eigenvalue weighted by Gasteiger charge is 2.19. The maximum Gasteiger partial charge on any atom is 0.306 e. The number of carbonyl (C=O) groups is 3. The molecule has 6 nitrogen and oxygen atoms in total. The van der Waals surface area contributed by atoms with E-state index >= 15 is 0 Å². The number of allylic oxidation sites excluding steroid dienone is 4. The van der Waals surface area contributed by atoms with Crippen LogP contribution in [0.1, 0.15) is 361 Å². The summed E-state index contributed by atoms with van der Waals surface area (Å²) in [4.78, 5) is 38.2. The summed E-state index contributed by atoms with van der Waals surface area (Å²) in [6, 6.07) is 0. The molecule has 0 radical (unpaired) electrons. The quantitative estimate of drug-likeness (QED) is 0.0261. The molecule has 0 aromatic rings. The zero-order chi connectivity index (χ0) is 52.2. The second-order valence-corrected chi connectivity index (χ2v) is 22.0. The van der Waals surface area contributed by atoms with Crippen LogP contribution in [0, 0.1) is 0 Å². The third kappa shape index (κ3) is 58.8. The van der Waals surface area contributed by atoms with E-state index in [0.29, 0.717) is 19.3 Å². The van der Waals surface area contributed by atoms with Gasteiger partial charge >= 0.3 is 17.9 Å². The van der Waals surface area contributed by atoms with Crippen molar-refractivity contribution in [3.8, 4) is 0 Å². The van der Waals surface area contributed by atoms with Gasteiger partial charge in [-0.1, -0.05) is 315 Å². The average molecular weight is 1010 g/mol. The molecule has 0 bridgehead atoms. The molecule has 0 aromatic heterocycles. The predicted molar refractivity (Wildman–Crippen MR) is 312 cm³/mol. The van der Waals surface area contributed by atoms with Gasteiger partial charge in [0.2, 0.25) is 0 Å². The minimum Gasteiger partial charge on any atom is -0.462 e. The van der Waals surface area contributed by atoms with Gasteiger partial charge in [0.05, 0.1) is 0 Å². The zero-order valence-corrected chi connectivity index (χ0v) is 48.7. The molecule has 1 unspecified atom stereocenters. The Hall–Kier alpha value is -2.11. The highest BCUT2D eigenvalue weighted by atomic mass is 16.6. The highest BCUT2D eigenvalue weighted by Crippen LogP contribution is 2.18. The second-order valence-electron chi connectivity index (χ2n) is 22.0. The Labute approximate surface area is 449 Å². The standard InChI is InChI=1S/C66H124O6/c1-4-7-10-13-16-19-22-25-27-29-30-31-32-33-34-35-36-37-39-41-44-47-50-53-56-59-65(68)71-62-63(61-70-64(67)58-55-52-49-46-43-40-24-21-18-15-12-9-6-3)72-66(69)60-57-54-51-48-45-42-38-28-26-23-20-17-14-11-8-5-2/h20,23,28,38,63H,4-19,21-22,24-27,29-37,39-62H2,1-3H3/b23-20-,38-28-. The van der Waals surface area contributed by atoms with Crippen molar-refractivity contribution in [1.82, 2.24) is 0 Å². The van der Waals surface area contributed by atoms with Gasteiger partial charge in [0.1, 0.15) is 13.2 Å². The second kappa shape index (κ2) is 61.4. The van der Waals surface area contributed by atoms with Crippen molar-refractivity contribution in [1.29, 1.82) is 0 Å². The van der Waals surface area contributed by atoms with Crippen LogP contribution in [0.4, 0.5) is 0 Å². The summed E-state index contributed by atoms with van der Waals surface area (Å²) < 4.78 is 16.9. The molecule has 72 heavy (non-hydrogen) atoms. The predicted octanol–water partition coefficient (Wildman–Crippen LogP) is 21.8. The summed E-state index contributed by atoms with van der Waals surface area (Å²) in [5.74, 6) is -0.859. The molecule has 6 heteroatoms. The van der Waals surface area contributed by atoms with Gasteiger partial charge in [0, 0.05) is 19.3 Å². The van der Waals surface area contributed by atoms with Gasteiger partial charge in [-0.2, -0.15) is 0 Å². The van der Waals surface area contributed by atoms with E-state index in [1.807, 2.05) is 0 Å². The molecule has 0 N–H and O–H groups in total. The minimum atomic E-state index is -0.774. The first-order valence-electron chi connectivity index (χ1n) is 32.3. The van der Waals surface area contributed by atoms with Crippen LogP contribution >= 0.6 is 0 Å². The van der Waals surface area contributed by atoms with Crippen LogP contribution in [-0.4, -0.2) is 37.2 Å². The summed E-state index contributed by atoms with van der Waals surface area (Å²) in [5, 5.41) is 0. The van der Waals surface area contributed by atoms with Crippen molar-refractivity contribution in [2.75, 3.05) is 13.2 Å². The Bertz CT molecular complexity index is 1160. The van der Waals surface area contributed by atoms with Crippen LogP contribution in [0.25, 0.3) is 0 Å². The first-order chi connectivity index (χ1) is 35.5. The summed E-state index contributed by atoms with van der Waals surface area (Å²) in [6.45, 7) is 6.68. The van der Waals surface area contributed by atoms with Crippen molar-refractivity contribution in [2.24, 2.45) is 0 Å². The smallest absolute Gasteiger partial charge is 0.306 e. The fraction of sp³-hybridized carbons (Fsp3) is 0.894. The molecule has 0 aliphatic heterocycles. The van der Waals surface area contributed by atoms with Crippen LogP contribution in [0.15, 0.2) is 24.3 Å². The van der Waals surface area contributed by atoms with E-state index in [2.05, 4.69) is 45.1 Å². The first-order valence-corrected chi connectivity index (χ1v) is 32.3. The lowest BCUT2D eigenvalue weighted by Gasteiger charge is -2.18. The van der Waals surface area contributed by atoms with E-state index in [0.717, 1.165) is 77.0 Å². The van der Waals surface area contributed by atoms with Gasteiger partial charge in [-0.3, -0.25) is 14.4 Å². The molecule has 0 aliphatic carbocycles. The van der Waals surface area contributed by atoms with Crippen LogP contribution in [-0.2, 0) is 28.6 Å². The average Bonchev–Trinajstić information content (AvgIpc) is 3.38. The number of esters is 3. The molecule has 0 spiro atoms. The van der Waals surface area contributed by atoms with Gasteiger partial charge in [0.25, 0.3) is 0 Å². The normalized spacial score (nSPS) is 12.1. The van der Waals surface area contributed by atoms with E-state index in [-0.39, 0.29) is 31.1 Å². The molecule has 0 fully saturated rings. The van der Waals surface area contributed by atoms with E-state index in [1.54, 1.807) is 0 Å². The Morgan fingerprint density at radius 1 is 0.278 bits per heavy atom. The van der Waals surface area contributed by atoms with Crippen LogP contribution in [0.2, 0.25) is 0 Å². The molecule has 1 atom stereocenters. The summed E-state index contributed by atoms with van der Waals surface area (Å²) in [6.07, 6.45) is 73.3. The molecule has 0 aromatic carbocycles. The van der Waals surface area contributed by atoms with Crippen molar-refractivity contribution in [2.45, 2.75) is 367 Å². The van der Waals surface area contributed by atoms with Crippen molar-refractivity contribution in [3.63, 3.8) is 0 Å². The topological polar surface area (TPSA) is 78.9 Å². The third-order valence-corrected chi connectivity index (χ3v) is 14.7. The fourth-order valence-corrected chi connectivity index (χ4v) is 9.83.